The maximum absolute atomic E-state index is 11.3. The lowest BCUT2D eigenvalue weighted by atomic mass is 10.2. The number of carbonyl (C=O) groups excluding carboxylic acids is 1. The number of benzene rings is 1. The van der Waals surface area contributed by atoms with Crippen LogP contribution in [0.15, 0.2) is 47.5 Å². The molecule has 0 heterocycles. The van der Waals surface area contributed by atoms with Crippen molar-refractivity contribution in [1.29, 1.82) is 0 Å². The van der Waals surface area contributed by atoms with Crippen LogP contribution in [0, 0.1) is 0 Å². The monoisotopic (exact) mass is 305 g/mol. The van der Waals surface area contributed by atoms with Gasteiger partial charge in [-0.2, -0.15) is 0 Å². The predicted octanol–water partition coefficient (Wildman–Crippen LogP) is 3.57. The van der Waals surface area contributed by atoms with Crippen molar-refractivity contribution in [1.82, 2.24) is 4.90 Å². The van der Waals surface area contributed by atoms with Crippen molar-refractivity contribution in [3.63, 3.8) is 0 Å². The summed E-state index contributed by atoms with van der Waals surface area (Å²) in [6.07, 6.45) is 0.651. The molecule has 1 amide bonds. The predicted molar refractivity (Wildman–Crippen MR) is 86.4 cm³/mol. The first-order chi connectivity index (χ1) is 9.88. The van der Waals surface area contributed by atoms with E-state index in [1.807, 2.05) is 44.2 Å². The van der Waals surface area contributed by atoms with Crippen LogP contribution in [0.25, 0.3) is 4.91 Å². The maximum Gasteiger partial charge on any atom is 0.333 e. The molecule has 0 radical (unpaired) electrons. The summed E-state index contributed by atoms with van der Waals surface area (Å²) in [5.41, 5.74) is 1.02. The van der Waals surface area contributed by atoms with E-state index >= 15 is 0 Å². The van der Waals surface area contributed by atoms with Gasteiger partial charge in [-0.3, -0.25) is 4.79 Å². The number of hydrogen-bond donors (Lipinski definition) is 1. The molecule has 0 bridgehead atoms. The smallest absolute Gasteiger partial charge is 0.333 e. The molecule has 0 saturated heterocycles. The average Bonchev–Trinajstić information content (AvgIpc) is 2.46. The zero-order valence-electron chi connectivity index (χ0n) is 12.4. The van der Waals surface area contributed by atoms with Crippen molar-refractivity contribution in [2.24, 2.45) is 0 Å². The molecular weight excluding hydrogens is 286 g/mol. The Hall–Kier alpha value is -2.01. The molecule has 0 aliphatic heterocycles. The third kappa shape index (κ3) is 4.49. The van der Waals surface area contributed by atoms with Gasteiger partial charge >= 0.3 is 5.97 Å². The summed E-state index contributed by atoms with van der Waals surface area (Å²) in [4.78, 5) is 24.6. The van der Waals surface area contributed by atoms with E-state index in [2.05, 4.69) is 6.58 Å². The third-order valence-electron chi connectivity index (χ3n) is 2.86. The summed E-state index contributed by atoms with van der Waals surface area (Å²) < 4.78 is 0. The average molecular weight is 305 g/mol. The molecule has 0 unspecified atom stereocenters. The minimum absolute atomic E-state index is 0.123. The Morgan fingerprint density at radius 2 is 1.90 bits per heavy atom. The van der Waals surface area contributed by atoms with Crippen LogP contribution in [0.4, 0.5) is 0 Å². The molecule has 1 aromatic carbocycles. The van der Waals surface area contributed by atoms with Crippen LogP contribution < -0.4 is 0 Å². The lowest BCUT2D eigenvalue weighted by Gasteiger charge is -2.26. The highest BCUT2D eigenvalue weighted by molar-refractivity contribution is 8.11. The molecule has 5 heteroatoms. The zero-order chi connectivity index (χ0) is 16.0. The van der Waals surface area contributed by atoms with Crippen molar-refractivity contribution < 1.29 is 14.7 Å². The fourth-order valence-corrected chi connectivity index (χ4v) is 2.71. The highest BCUT2D eigenvalue weighted by Crippen LogP contribution is 2.36. The summed E-state index contributed by atoms with van der Waals surface area (Å²) >= 11 is 1.19. The summed E-state index contributed by atoms with van der Waals surface area (Å²) in [7, 11) is 0. The molecule has 0 aliphatic carbocycles. The molecule has 1 aromatic rings. The van der Waals surface area contributed by atoms with Crippen LogP contribution in [0.1, 0.15) is 26.3 Å². The third-order valence-corrected chi connectivity index (χ3v) is 4.05. The number of amides is 1. The lowest BCUT2D eigenvalue weighted by Crippen LogP contribution is -2.29. The van der Waals surface area contributed by atoms with Crippen molar-refractivity contribution in [3.8, 4) is 0 Å². The Balaban J connectivity index is 3.15. The largest absolute Gasteiger partial charge is 0.478 e. The fraction of sp³-hybridized carbons (Fsp3) is 0.250. The Bertz CT molecular complexity index is 564. The van der Waals surface area contributed by atoms with Crippen LogP contribution in [0.2, 0.25) is 0 Å². The van der Waals surface area contributed by atoms with E-state index in [0.29, 0.717) is 16.3 Å². The van der Waals surface area contributed by atoms with Gasteiger partial charge < -0.3 is 10.0 Å². The first-order valence-corrected chi connectivity index (χ1v) is 7.30. The van der Waals surface area contributed by atoms with Gasteiger partial charge in [0, 0.05) is 10.9 Å². The van der Waals surface area contributed by atoms with E-state index in [-0.39, 0.29) is 11.6 Å². The van der Waals surface area contributed by atoms with Crippen LogP contribution in [-0.2, 0) is 9.59 Å². The minimum Gasteiger partial charge on any atom is -0.478 e. The molecule has 0 atom stereocenters. The molecule has 0 saturated carbocycles. The lowest BCUT2D eigenvalue weighted by molar-refractivity contribution is -0.132. The van der Waals surface area contributed by atoms with Crippen molar-refractivity contribution in [2.75, 3.05) is 0 Å². The van der Waals surface area contributed by atoms with Crippen LogP contribution in [0.3, 0.4) is 0 Å². The summed E-state index contributed by atoms with van der Waals surface area (Å²) in [5.74, 6) is -1.05. The Kier molecular flexibility index (Phi) is 6.24. The van der Waals surface area contributed by atoms with E-state index < -0.39 is 5.97 Å². The number of carboxylic acids is 1. The fourth-order valence-electron chi connectivity index (χ4n) is 1.62. The second-order valence-electron chi connectivity index (χ2n) is 4.73. The maximum atomic E-state index is 11.3. The van der Waals surface area contributed by atoms with Gasteiger partial charge in [0.25, 0.3) is 0 Å². The molecule has 112 valence electrons. The van der Waals surface area contributed by atoms with E-state index in [0.717, 1.165) is 5.56 Å². The Morgan fingerprint density at radius 1 is 1.33 bits per heavy atom. The number of hydrogen-bond acceptors (Lipinski definition) is 3. The van der Waals surface area contributed by atoms with E-state index in [4.69, 9.17) is 0 Å². The first-order valence-electron chi connectivity index (χ1n) is 6.48. The first kappa shape index (κ1) is 17.0. The standard InChI is InChI=1S/C16H19NO3S/c1-11(2)17(10-18)15(12(3)16(19)20)21-13(4)14-8-6-5-7-9-14/h5-11H,4H2,1-3H3,(H,19,20)/b15-12+. The van der Waals surface area contributed by atoms with Gasteiger partial charge in [-0.1, -0.05) is 48.7 Å². The molecule has 1 N–H and O–H groups in total. The number of carboxylic acid groups (broad SMARTS) is 1. The number of nitrogens with zero attached hydrogens (tertiary/aromatic N) is 1. The van der Waals surface area contributed by atoms with Crippen molar-refractivity contribution in [3.05, 3.63) is 53.1 Å². The summed E-state index contributed by atoms with van der Waals surface area (Å²) in [6.45, 7) is 9.12. The second kappa shape index (κ2) is 7.69. The molecule has 4 nitrogen and oxygen atoms in total. The molecule has 0 aromatic heterocycles. The number of rotatable bonds is 7. The molecule has 0 spiro atoms. The van der Waals surface area contributed by atoms with Crippen molar-refractivity contribution in [2.45, 2.75) is 26.8 Å². The van der Waals surface area contributed by atoms with Gasteiger partial charge in [0.05, 0.1) is 10.6 Å². The van der Waals surface area contributed by atoms with Gasteiger partial charge in [-0.05, 0) is 26.3 Å². The highest BCUT2D eigenvalue weighted by Gasteiger charge is 2.20. The highest BCUT2D eigenvalue weighted by atomic mass is 32.2. The second-order valence-corrected chi connectivity index (χ2v) is 5.82. The minimum atomic E-state index is -1.05. The Morgan fingerprint density at radius 3 is 2.33 bits per heavy atom. The summed E-state index contributed by atoms with van der Waals surface area (Å²) in [5, 5.41) is 9.61. The molecule has 0 fully saturated rings. The molecule has 0 aliphatic rings. The van der Waals surface area contributed by atoms with Gasteiger partial charge in [0.15, 0.2) is 0 Å². The van der Waals surface area contributed by atoms with E-state index in [1.54, 1.807) is 0 Å². The van der Waals surface area contributed by atoms with Crippen LogP contribution in [0.5, 0.6) is 0 Å². The van der Waals surface area contributed by atoms with E-state index in [9.17, 15) is 14.7 Å². The molecule has 21 heavy (non-hydrogen) atoms. The van der Waals surface area contributed by atoms with Gasteiger partial charge in [-0.15, -0.1) is 0 Å². The van der Waals surface area contributed by atoms with Gasteiger partial charge in [-0.25, -0.2) is 4.79 Å². The van der Waals surface area contributed by atoms with Crippen LogP contribution in [-0.4, -0.2) is 28.4 Å². The van der Waals surface area contributed by atoms with Crippen molar-refractivity contribution >= 4 is 29.0 Å². The number of aliphatic carboxylic acids is 1. The summed E-state index contributed by atoms with van der Waals surface area (Å²) in [6, 6.07) is 9.31. The van der Waals surface area contributed by atoms with Crippen LogP contribution >= 0.6 is 11.8 Å². The number of carbonyl (C=O) groups is 2. The SMILES string of the molecule is C=C(S/C(=C(\C)C(=O)O)N(C=O)C(C)C)c1ccccc1. The van der Waals surface area contributed by atoms with Gasteiger partial charge in [0.2, 0.25) is 6.41 Å². The quantitative estimate of drug-likeness (QED) is 0.618. The molecule has 1 rings (SSSR count). The normalized spacial score (nSPS) is 11.8. The zero-order valence-corrected chi connectivity index (χ0v) is 13.2. The number of thioether (sulfide) groups is 1. The van der Waals surface area contributed by atoms with Gasteiger partial charge in [0.1, 0.15) is 0 Å². The molecular formula is C16H19NO3S. The Labute approximate surface area is 129 Å². The van der Waals surface area contributed by atoms with E-state index in [1.165, 1.54) is 23.6 Å². The topological polar surface area (TPSA) is 57.6 Å².